The number of amides is 3. The molecule has 9 heteroatoms. The van der Waals surface area contributed by atoms with Crippen LogP contribution in [0.4, 0.5) is 16.2 Å². The highest BCUT2D eigenvalue weighted by Crippen LogP contribution is 2.30. The maximum atomic E-state index is 13.9. The second-order valence-electron chi connectivity index (χ2n) is 9.83. The molecule has 0 spiro atoms. The molecule has 0 fully saturated rings. The lowest BCUT2D eigenvalue weighted by Gasteiger charge is -2.29. The van der Waals surface area contributed by atoms with E-state index in [1.54, 1.807) is 12.1 Å². The Labute approximate surface area is 226 Å². The minimum Gasteiger partial charge on any atom is -0.478 e. The monoisotopic (exact) mass is 526 g/mol. The lowest BCUT2D eigenvalue weighted by atomic mass is 9.85. The van der Waals surface area contributed by atoms with Gasteiger partial charge in [0.2, 0.25) is 6.17 Å². The molecule has 4 rings (SSSR count). The van der Waals surface area contributed by atoms with E-state index in [9.17, 15) is 24.3 Å². The summed E-state index contributed by atoms with van der Waals surface area (Å²) in [6.07, 6.45) is -0.756. The first-order chi connectivity index (χ1) is 18.6. The van der Waals surface area contributed by atoms with Gasteiger partial charge in [-0.1, -0.05) is 75.4 Å². The number of hydrogen-bond acceptors (Lipinski definition) is 5. The zero-order valence-corrected chi connectivity index (χ0v) is 22.0. The molecule has 3 aromatic rings. The normalized spacial score (nSPS) is 15.1. The van der Waals surface area contributed by atoms with Crippen LogP contribution in [0.3, 0.4) is 0 Å². The van der Waals surface area contributed by atoms with Crippen LogP contribution in [0.25, 0.3) is 0 Å². The molecule has 0 saturated carbocycles. The third-order valence-electron chi connectivity index (χ3n) is 6.83. The minimum atomic E-state index is -1.35. The molecular formula is C30H30N4O5. The molecule has 1 atom stereocenters. The highest BCUT2D eigenvalue weighted by Gasteiger charge is 2.36. The number of hydrogen-bond donors (Lipinski definition) is 3. The SMILES string of the molecule is CCC(C)(C)C(=O)CN1C(=O)C(NC(=O)Nc2cccc(C(=O)O)c2)N=C(c2ccccc2)c2ccccc21. The van der Waals surface area contributed by atoms with Crippen molar-refractivity contribution in [2.45, 2.75) is 33.4 Å². The van der Waals surface area contributed by atoms with Crippen molar-refractivity contribution in [1.29, 1.82) is 0 Å². The molecule has 0 saturated heterocycles. The van der Waals surface area contributed by atoms with E-state index in [0.29, 0.717) is 23.4 Å². The molecule has 200 valence electrons. The molecule has 9 nitrogen and oxygen atoms in total. The number of fused-ring (bicyclic) bond motifs is 1. The molecule has 3 aromatic carbocycles. The van der Waals surface area contributed by atoms with Crippen LogP contribution in [-0.4, -0.2) is 47.2 Å². The second-order valence-corrected chi connectivity index (χ2v) is 9.83. The van der Waals surface area contributed by atoms with Crippen LogP contribution >= 0.6 is 0 Å². The number of carbonyl (C=O) groups excluding carboxylic acids is 3. The van der Waals surface area contributed by atoms with E-state index >= 15 is 0 Å². The van der Waals surface area contributed by atoms with Gasteiger partial charge in [-0.05, 0) is 30.7 Å². The summed E-state index contributed by atoms with van der Waals surface area (Å²) in [5, 5.41) is 14.4. The number of anilines is 2. The summed E-state index contributed by atoms with van der Waals surface area (Å²) in [4.78, 5) is 57.5. The molecule has 1 heterocycles. The van der Waals surface area contributed by atoms with Gasteiger partial charge in [0.25, 0.3) is 5.91 Å². The summed E-state index contributed by atoms with van der Waals surface area (Å²) >= 11 is 0. The summed E-state index contributed by atoms with van der Waals surface area (Å²) < 4.78 is 0. The van der Waals surface area contributed by atoms with Gasteiger partial charge in [-0.3, -0.25) is 9.59 Å². The Balaban J connectivity index is 1.74. The Morgan fingerprint density at radius 1 is 0.974 bits per heavy atom. The fraction of sp³-hybridized carbons (Fsp3) is 0.233. The minimum absolute atomic E-state index is 0.00130. The van der Waals surface area contributed by atoms with E-state index in [1.165, 1.54) is 29.2 Å². The number of rotatable bonds is 8. The van der Waals surface area contributed by atoms with Gasteiger partial charge < -0.3 is 20.6 Å². The van der Waals surface area contributed by atoms with Gasteiger partial charge in [0.15, 0.2) is 5.78 Å². The van der Waals surface area contributed by atoms with Gasteiger partial charge in [0.05, 0.1) is 23.5 Å². The number of nitrogens with one attached hydrogen (secondary N) is 2. The standard InChI is InChI=1S/C30H30N4O5/c1-4-30(2,3)24(35)18-34-23-16-9-8-15-22(23)25(19-11-6-5-7-12-19)32-26(27(34)36)33-29(39)31-21-14-10-13-20(17-21)28(37)38/h5-17,26H,4,18H2,1-3H3,(H,37,38)(H2,31,33,39). The van der Waals surface area contributed by atoms with Gasteiger partial charge in [0.1, 0.15) is 0 Å². The van der Waals surface area contributed by atoms with Crippen LogP contribution < -0.4 is 15.5 Å². The largest absolute Gasteiger partial charge is 0.478 e. The van der Waals surface area contributed by atoms with E-state index in [-0.39, 0.29) is 23.6 Å². The number of urea groups is 1. The first-order valence-corrected chi connectivity index (χ1v) is 12.6. The summed E-state index contributed by atoms with van der Waals surface area (Å²) in [6, 6.07) is 21.5. The van der Waals surface area contributed by atoms with Crippen molar-refractivity contribution < 1.29 is 24.3 Å². The predicted octanol–water partition coefficient (Wildman–Crippen LogP) is 4.72. The Bertz CT molecular complexity index is 1450. The number of nitrogens with zero attached hydrogens (tertiary/aromatic N) is 2. The molecule has 39 heavy (non-hydrogen) atoms. The van der Waals surface area contributed by atoms with Crippen molar-refractivity contribution in [3.05, 3.63) is 95.6 Å². The zero-order chi connectivity index (χ0) is 28.2. The fourth-order valence-electron chi connectivity index (χ4n) is 4.09. The van der Waals surface area contributed by atoms with Crippen molar-refractivity contribution in [3.63, 3.8) is 0 Å². The summed E-state index contributed by atoms with van der Waals surface area (Å²) in [5.41, 5.74) is 1.98. The van der Waals surface area contributed by atoms with Crippen molar-refractivity contribution in [2.24, 2.45) is 10.4 Å². The zero-order valence-electron chi connectivity index (χ0n) is 22.0. The van der Waals surface area contributed by atoms with E-state index in [1.807, 2.05) is 63.2 Å². The molecule has 0 aromatic heterocycles. The summed E-state index contributed by atoms with van der Waals surface area (Å²) in [5.74, 6) is -1.82. The average Bonchev–Trinajstić information content (AvgIpc) is 3.04. The molecule has 0 radical (unpaired) electrons. The lowest BCUT2D eigenvalue weighted by Crippen LogP contribution is -2.51. The van der Waals surface area contributed by atoms with Crippen molar-refractivity contribution in [1.82, 2.24) is 5.32 Å². The molecular weight excluding hydrogens is 496 g/mol. The van der Waals surface area contributed by atoms with E-state index in [2.05, 4.69) is 15.6 Å². The lowest BCUT2D eigenvalue weighted by molar-refractivity contribution is -0.128. The highest BCUT2D eigenvalue weighted by molar-refractivity contribution is 6.21. The predicted molar refractivity (Wildman–Crippen MR) is 149 cm³/mol. The van der Waals surface area contributed by atoms with Crippen LogP contribution in [0, 0.1) is 5.41 Å². The Morgan fingerprint density at radius 2 is 1.67 bits per heavy atom. The van der Waals surface area contributed by atoms with Crippen molar-refractivity contribution >= 4 is 40.8 Å². The highest BCUT2D eigenvalue weighted by atomic mass is 16.4. The Hall–Kier alpha value is -4.79. The van der Waals surface area contributed by atoms with E-state index in [4.69, 9.17) is 0 Å². The number of aromatic carboxylic acids is 1. The maximum Gasteiger partial charge on any atom is 0.335 e. The number of carbonyl (C=O) groups is 4. The number of para-hydroxylation sites is 1. The molecule has 3 N–H and O–H groups in total. The van der Waals surface area contributed by atoms with Crippen LogP contribution in [0.15, 0.2) is 83.9 Å². The van der Waals surface area contributed by atoms with Gasteiger partial charge in [-0.15, -0.1) is 0 Å². The van der Waals surface area contributed by atoms with Crippen LogP contribution in [-0.2, 0) is 9.59 Å². The van der Waals surface area contributed by atoms with Gasteiger partial charge in [-0.2, -0.15) is 0 Å². The average molecular weight is 527 g/mol. The Kier molecular flexibility index (Phi) is 7.90. The van der Waals surface area contributed by atoms with Crippen LogP contribution in [0.2, 0.25) is 0 Å². The summed E-state index contributed by atoms with van der Waals surface area (Å²) in [6.45, 7) is 5.41. The quantitative estimate of drug-likeness (QED) is 0.391. The van der Waals surface area contributed by atoms with Crippen molar-refractivity contribution in [2.75, 3.05) is 16.8 Å². The van der Waals surface area contributed by atoms with Crippen LogP contribution in [0.1, 0.15) is 48.7 Å². The molecule has 0 bridgehead atoms. The molecule has 3 amide bonds. The smallest absolute Gasteiger partial charge is 0.335 e. The fourth-order valence-corrected chi connectivity index (χ4v) is 4.09. The molecule has 0 aliphatic carbocycles. The number of aliphatic imine (C=N–C) groups is 1. The number of benzene rings is 3. The first-order valence-electron chi connectivity index (χ1n) is 12.6. The topological polar surface area (TPSA) is 128 Å². The number of ketones is 1. The first kappa shape index (κ1) is 27.3. The number of carboxylic acid groups (broad SMARTS) is 1. The van der Waals surface area contributed by atoms with Gasteiger partial charge in [-0.25, -0.2) is 14.6 Å². The Morgan fingerprint density at radius 3 is 2.36 bits per heavy atom. The van der Waals surface area contributed by atoms with E-state index in [0.717, 1.165) is 5.56 Å². The maximum absolute atomic E-state index is 13.9. The second kappa shape index (κ2) is 11.3. The number of Topliss-reactive ketones (excluding diaryl/α,β-unsaturated/α-hetero) is 1. The van der Waals surface area contributed by atoms with E-state index < -0.39 is 29.5 Å². The third kappa shape index (κ3) is 6.04. The van der Waals surface area contributed by atoms with Gasteiger partial charge >= 0.3 is 12.0 Å². The molecule has 1 aliphatic rings. The van der Waals surface area contributed by atoms with Gasteiger partial charge in [0, 0.05) is 22.2 Å². The number of carboxylic acids is 1. The van der Waals surface area contributed by atoms with Crippen molar-refractivity contribution in [3.8, 4) is 0 Å². The number of benzodiazepines with no additional fused rings is 1. The van der Waals surface area contributed by atoms with Crippen LogP contribution in [0.5, 0.6) is 0 Å². The molecule has 1 unspecified atom stereocenters. The third-order valence-corrected chi connectivity index (χ3v) is 6.83. The molecule has 1 aliphatic heterocycles. The summed E-state index contributed by atoms with van der Waals surface area (Å²) in [7, 11) is 0.